The van der Waals surface area contributed by atoms with Crippen LogP contribution in [0.5, 0.6) is 11.5 Å². The van der Waals surface area contributed by atoms with Gasteiger partial charge >= 0.3 is 12.0 Å². The van der Waals surface area contributed by atoms with E-state index in [1.807, 2.05) is 17.0 Å². The van der Waals surface area contributed by atoms with E-state index in [0.717, 1.165) is 43.9 Å². The monoisotopic (exact) mass is 421 g/mol. The van der Waals surface area contributed by atoms with Gasteiger partial charge in [-0.2, -0.15) is 0 Å². The van der Waals surface area contributed by atoms with Gasteiger partial charge in [0.1, 0.15) is 0 Å². The second-order valence-corrected chi connectivity index (χ2v) is 7.45. The van der Waals surface area contributed by atoms with Crippen LogP contribution in [0.1, 0.15) is 31.7 Å². The van der Waals surface area contributed by atoms with Crippen LogP contribution >= 0.6 is 0 Å². The summed E-state index contributed by atoms with van der Waals surface area (Å²) in [7, 11) is 5.38. The maximum Gasteiger partial charge on any atom is 0.317 e. The van der Waals surface area contributed by atoms with Crippen molar-refractivity contribution in [1.82, 2.24) is 15.1 Å². The Morgan fingerprint density at radius 3 is 2.70 bits per heavy atom. The van der Waals surface area contributed by atoms with E-state index in [0.29, 0.717) is 25.7 Å². The highest BCUT2D eigenvalue weighted by Gasteiger charge is 2.26. The molecule has 1 atom stereocenters. The Kier molecular flexibility index (Phi) is 9.73. The zero-order valence-corrected chi connectivity index (χ0v) is 18.6. The van der Waals surface area contributed by atoms with Crippen LogP contribution in [0.25, 0.3) is 0 Å². The molecule has 8 nitrogen and oxygen atoms in total. The second-order valence-electron chi connectivity index (χ2n) is 7.45. The topological polar surface area (TPSA) is 80.3 Å². The summed E-state index contributed by atoms with van der Waals surface area (Å²) in [5.74, 6) is 1.18. The highest BCUT2D eigenvalue weighted by molar-refractivity contribution is 5.75. The molecule has 2 rings (SSSR count). The van der Waals surface area contributed by atoms with Crippen LogP contribution in [0.2, 0.25) is 0 Å². The summed E-state index contributed by atoms with van der Waals surface area (Å²) in [5.41, 5.74) is 1.18. The predicted molar refractivity (Wildman–Crippen MR) is 115 cm³/mol. The van der Waals surface area contributed by atoms with Crippen LogP contribution in [-0.2, 0) is 16.0 Å². The number of carbonyl (C=O) groups excluding carboxylic acids is 2. The predicted octanol–water partition coefficient (Wildman–Crippen LogP) is 2.31. The average Bonchev–Trinajstić information content (AvgIpc) is 2.77. The molecular formula is C22H35N3O5. The molecule has 0 aliphatic carbocycles. The lowest BCUT2D eigenvalue weighted by Crippen LogP contribution is -2.52. The first-order valence-electron chi connectivity index (χ1n) is 10.6. The molecule has 0 bridgehead atoms. The van der Waals surface area contributed by atoms with E-state index in [9.17, 15) is 9.59 Å². The molecule has 30 heavy (non-hydrogen) atoms. The van der Waals surface area contributed by atoms with Crippen LogP contribution in [0.3, 0.4) is 0 Å². The highest BCUT2D eigenvalue weighted by Crippen LogP contribution is 2.28. The van der Waals surface area contributed by atoms with Gasteiger partial charge in [0.2, 0.25) is 0 Å². The third kappa shape index (κ3) is 7.09. The minimum atomic E-state index is -0.288. The van der Waals surface area contributed by atoms with Crippen molar-refractivity contribution in [2.75, 3.05) is 54.1 Å². The maximum atomic E-state index is 12.4. The van der Waals surface area contributed by atoms with E-state index in [1.54, 1.807) is 21.1 Å². The Bertz CT molecular complexity index is 697. The van der Waals surface area contributed by atoms with Crippen molar-refractivity contribution in [1.29, 1.82) is 0 Å². The quantitative estimate of drug-likeness (QED) is 0.584. The number of hydrogen-bond donors (Lipinski definition) is 1. The van der Waals surface area contributed by atoms with Gasteiger partial charge < -0.3 is 29.3 Å². The van der Waals surface area contributed by atoms with E-state index in [-0.39, 0.29) is 18.4 Å². The fourth-order valence-electron chi connectivity index (χ4n) is 3.64. The average molecular weight is 422 g/mol. The number of esters is 1. The lowest BCUT2D eigenvalue weighted by molar-refractivity contribution is -0.142. The van der Waals surface area contributed by atoms with Gasteiger partial charge in [0.15, 0.2) is 11.5 Å². The van der Waals surface area contributed by atoms with Crippen molar-refractivity contribution < 1.29 is 23.8 Å². The smallest absolute Gasteiger partial charge is 0.317 e. The van der Waals surface area contributed by atoms with Crippen LogP contribution < -0.4 is 14.8 Å². The number of piperidine rings is 1. The van der Waals surface area contributed by atoms with Crippen LogP contribution in [0.4, 0.5) is 4.79 Å². The van der Waals surface area contributed by atoms with Gasteiger partial charge in [0.25, 0.3) is 0 Å². The molecule has 1 aliphatic heterocycles. The fraction of sp³-hybridized carbons (Fsp3) is 0.636. The number of rotatable bonds is 10. The number of urea groups is 1. The molecule has 0 radical (unpaired) electrons. The standard InChI is InChI=1S/C22H35N3O5/c1-5-30-21(26)10-12-23-22(27)25-13-6-7-18(16-25)24(2)14-11-17-8-9-19(28-3)20(15-17)29-4/h8-9,15,18H,5-7,10-14,16H2,1-4H3,(H,23,27)/t18-/m0/s1. The Morgan fingerprint density at radius 2 is 2.00 bits per heavy atom. The van der Waals surface area contributed by atoms with Crippen molar-refractivity contribution in [3.8, 4) is 11.5 Å². The number of methoxy groups -OCH3 is 2. The minimum Gasteiger partial charge on any atom is -0.493 e. The van der Waals surface area contributed by atoms with Crippen molar-refractivity contribution in [3.05, 3.63) is 23.8 Å². The lowest BCUT2D eigenvalue weighted by atomic mass is 10.0. The Balaban J connectivity index is 1.80. The molecule has 1 N–H and O–H groups in total. The summed E-state index contributed by atoms with van der Waals surface area (Å²) < 4.78 is 15.6. The van der Waals surface area contributed by atoms with Gasteiger partial charge in [-0.1, -0.05) is 6.07 Å². The summed E-state index contributed by atoms with van der Waals surface area (Å²) in [6.07, 6.45) is 3.12. The number of nitrogens with zero attached hydrogens (tertiary/aromatic N) is 2. The molecule has 0 saturated carbocycles. The second kappa shape index (κ2) is 12.3. The summed E-state index contributed by atoms with van der Waals surface area (Å²) in [6, 6.07) is 6.19. The molecule has 1 aliphatic rings. The number of likely N-dealkylation sites (N-methyl/N-ethyl adjacent to an activating group) is 1. The van der Waals surface area contributed by atoms with Crippen molar-refractivity contribution in [3.63, 3.8) is 0 Å². The zero-order chi connectivity index (χ0) is 21.9. The van der Waals surface area contributed by atoms with Gasteiger partial charge in [-0.25, -0.2) is 4.79 Å². The third-order valence-corrected chi connectivity index (χ3v) is 5.42. The van der Waals surface area contributed by atoms with Crippen LogP contribution in [0, 0.1) is 0 Å². The molecule has 0 unspecified atom stereocenters. The normalized spacial score (nSPS) is 16.3. The first-order valence-corrected chi connectivity index (χ1v) is 10.6. The molecule has 1 saturated heterocycles. The number of nitrogens with one attached hydrogen (secondary N) is 1. The van der Waals surface area contributed by atoms with Crippen molar-refractivity contribution >= 4 is 12.0 Å². The molecule has 0 aromatic heterocycles. The fourth-order valence-corrected chi connectivity index (χ4v) is 3.64. The summed E-state index contributed by atoms with van der Waals surface area (Å²) in [5, 5.41) is 2.82. The molecule has 168 valence electrons. The van der Waals surface area contributed by atoms with E-state index >= 15 is 0 Å². The molecule has 8 heteroatoms. The summed E-state index contributed by atoms with van der Waals surface area (Å²) in [6.45, 7) is 4.74. The number of benzene rings is 1. The minimum absolute atomic E-state index is 0.114. The molecule has 2 amide bonds. The number of likely N-dealkylation sites (tertiary alicyclic amines) is 1. The molecule has 1 aromatic rings. The van der Waals surface area contributed by atoms with E-state index < -0.39 is 0 Å². The first kappa shape index (κ1) is 23.8. The third-order valence-electron chi connectivity index (χ3n) is 5.42. The first-order chi connectivity index (χ1) is 14.5. The van der Waals surface area contributed by atoms with E-state index in [2.05, 4.69) is 23.3 Å². The summed E-state index contributed by atoms with van der Waals surface area (Å²) in [4.78, 5) is 28.0. The van der Waals surface area contributed by atoms with Gasteiger partial charge in [0.05, 0.1) is 27.2 Å². The van der Waals surface area contributed by atoms with Gasteiger partial charge in [-0.3, -0.25) is 4.79 Å². The molecule has 1 fully saturated rings. The zero-order valence-electron chi connectivity index (χ0n) is 18.6. The van der Waals surface area contributed by atoms with E-state index in [4.69, 9.17) is 14.2 Å². The maximum absolute atomic E-state index is 12.4. The van der Waals surface area contributed by atoms with Gasteiger partial charge in [-0.15, -0.1) is 0 Å². The Morgan fingerprint density at radius 1 is 1.23 bits per heavy atom. The van der Waals surface area contributed by atoms with Gasteiger partial charge in [0, 0.05) is 32.2 Å². The Hall–Kier alpha value is -2.48. The number of amides is 2. The summed E-state index contributed by atoms with van der Waals surface area (Å²) >= 11 is 0. The molecule has 1 heterocycles. The highest BCUT2D eigenvalue weighted by atomic mass is 16.5. The molecular weight excluding hydrogens is 386 g/mol. The van der Waals surface area contributed by atoms with Gasteiger partial charge in [-0.05, 0) is 50.9 Å². The number of ether oxygens (including phenoxy) is 3. The van der Waals surface area contributed by atoms with Crippen molar-refractivity contribution in [2.24, 2.45) is 0 Å². The van der Waals surface area contributed by atoms with Crippen LogP contribution in [-0.4, -0.2) is 81.9 Å². The van der Waals surface area contributed by atoms with Crippen molar-refractivity contribution in [2.45, 2.75) is 38.6 Å². The lowest BCUT2D eigenvalue weighted by Gasteiger charge is -2.37. The molecule has 0 spiro atoms. The van der Waals surface area contributed by atoms with Crippen LogP contribution in [0.15, 0.2) is 18.2 Å². The Labute approximate surface area is 179 Å². The largest absolute Gasteiger partial charge is 0.493 e. The SMILES string of the molecule is CCOC(=O)CCNC(=O)N1CCC[C@H](N(C)CCc2ccc(OC)c(OC)c2)C1. The number of carbonyl (C=O) groups is 2. The van der Waals surface area contributed by atoms with E-state index in [1.165, 1.54) is 5.56 Å². The molecule has 1 aromatic carbocycles. The number of hydrogen-bond acceptors (Lipinski definition) is 6.